The molecule has 1 aromatic carbocycles. The molecule has 0 aliphatic carbocycles. The van der Waals surface area contributed by atoms with Crippen LogP contribution in [0.5, 0.6) is 5.88 Å². The molecule has 0 saturated heterocycles. The number of aryl methyl sites for hydroxylation is 1. The van der Waals surface area contributed by atoms with Gasteiger partial charge in [0.15, 0.2) is 0 Å². The van der Waals surface area contributed by atoms with Crippen LogP contribution in [-0.4, -0.2) is 15.6 Å². The summed E-state index contributed by atoms with van der Waals surface area (Å²) in [5, 5.41) is 0. The highest BCUT2D eigenvalue weighted by molar-refractivity contribution is 5.74. The van der Waals surface area contributed by atoms with E-state index in [1.165, 1.54) is 0 Å². The second kappa shape index (κ2) is 3.74. The highest BCUT2D eigenvalue weighted by atomic mass is 16.5. The normalized spacial score (nSPS) is 11.8. The van der Waals surface area contributed by atoms with E-state index in [1.807, 2.05) is 52.0 Å². The molecule has 0 bridgehead atoms. The fourth-order valence-corrected chi connectivity index (χ4v) is 1.46. The number of hydrogen-bond donors (Lipinski definition) is 0. The van der Waals surface area contributed by atoms with Crippen molar-refractivity contribution >= 4 is 11.0 Å². The van der Waals surface area contributed by atoms with Crippen LogP contribution < -0.4 is 4.74 Å². The minimum Gasteiger partial charge on any atom is -0.471 e. The van der Waals surface area contributed by atoms with E-state index in [-0.39, 0.29) is 5.60 Å². The Bertz CT molecular complexity index is 515. The highest BCUT2D eigenvalue weighted by Gasteiger charge is 2.15. The van der Waals surface area contributed by atoms with Gasteiger partial charge in [0.1, 0.15) is 11.3 Å². The van der Waals surface area contributed by atoms with Gasteiger partial charge in [-0.15, -0.1) is 0 Å². The van der Waals surface area contributed by atoms with Crippen LogP contribution in [0, 0.1) is 6.92 Å². The van der Waals surface area contributed by atoms with E-state index in [4.69, 9.17) is 4.74 Å². The number of nitrogens with zero attached hydrogens (tertiary/aromatic N) is 2. The maximum Gasteiger partial charge on any atom is 0.236 e. The van der Waals surface area contributed by atoms with Gasteiger partial charge in [0.2, 0.25) is 5.88 Å². The molecule has 0 atom stereocenters. The fraction of sp³-hybridized carbons (Fsp3) is 0.385. The van der Waals surface area contributed by atoms with Crippen molar-refractivity contribution in [3.05, 3.63) is 30.0 Å². The summed E-state index contributed by atoms with van der Waals surface area (Å²) in [7, 11) is 0. The smallest absolute Gasteiger partial charge is 0.236 e. The molecule has 1 heterocycles. The molecule has 0 N–H and O–H groups in total. The molecule has 3 nitrogen and oxygen atoms in total. The second-order valence-corrected chi connectivity index (χ2v) is 4.82. The van der Waals surface area contributed by atoms with Crippen LogP contribution in [-0.2, 0) is 0 Å². The molecule has 0 aliphatic rings. The number of fused-ring (bicyclic) bond motifs is 1. The molecule has 1 aromatic heterocycles. The summed E-state index contributed by atoms with van der Waals surface area (Å²) in [6, 6.07) is 7.81. The zero-order valence-electron chi connectivity index (χ0n) is 10.1. The third kappa shape index (κ3) is 2.30. The number of ether oxygens (including phenoxy) is 1. The molecule has 16 heavy (non-hydrogen) atoms. The molecule has 2 aromatic rings. The minimum atomic E-state index is -0.248. The Labute approximate surface area is 95.5 Å². The van der Waals surface area contributed by atoms with E-state index in [0.717, 1.165) is 16.7 Å². The Balaban J connectivity index is 2.50. The van der Waals surface area contributed by atoms with Crippen LogP contribution in [0.25, 0.3) is 11.0 Å². The van der Waals surface area contributed by atoms with E-state index in [2.05, 4.69) is 9.97 Å². The standard InChI is InChI=1S/C13H16N2O/c1-9-12(16-13(2,3)4)15-11-8-6-5-7-10(11)14-9/h5-8H,1-4H3. The molecule has 0 radical (unpaired) electrons. The molecule has 0 unspecified atom stereocenters. The summed E-state index contributed by atoms with van der Waals surface area (Å²) in [4.78, 5) is 8.95. The third-order valence-electron chi connectivity index (χ3n) is 2.10. The molecule has 0 amide bonds. The first-order chi connectivity index (χ1) is 7.46. The van der Waals surface area contributed by atoms with E-state index in [1.54, 1.807) is 0 Å². The van der Waals surface area contributed by atoms with Gasteiger partial charge in [-0.25, -0.2) is 9.97 Å². The SMILES string of the molecule is Cc1nc2ccccc2nc1OC(C)(C)C. The first-order valence-corrected chi connectivity index (χ1v) is 5.38. The first-order valence-electron chi connectivity index (χ1n) is 5.38. The average Bonchev–Trinajstić information content (AvgIpc) is 2.17. The van der Waals surface area contributed by atoms with Crippen LogP contribution in [0.1, 0.15) is 26.5 Å². The van der Waals surface area contributed by atoms with Crippen molar-refractivity contribution in [2.75, 3.05) is 0 Å². The second-order valence-electron chi connectivity index (χ2n) is 4.82. The summed E-state index contributed by atoms with van der Waals surface area (Å²) in [5.74, 6) is 0.617. The largest absolute Gasteiger partial charge is 0.471 e. The van der Waals surface area contributed by atoms with Crippen molar-refractivity contribution in [3.8, 4) is 5.88 Å². The maximum absolute atomic E-state index is 5.77. The van der Waals surface area contributed by atoms with Crippen LogP contribution in [0.3, 0.4) is 0 Å². The monoisotopic (exact) mass is 216 g/mol. The van der Waals surface area contributed by atoms with Gasteiger partial charge in [0.05, 0.1) is 11.0 Å². The molecule has 84 valence electrons. The van der Waals surface area contributed by atoms with E-state index >= 15 is 0 Å². The Kier molecular flexibility index (Phi) is 2.54. The van der Waals surface area contributed by atoms with Crippen molar-refractivity contribution < 1.29 is 4.74 Å². The molecule has 0 aliphatic heterocycles. The third-order valence-corrected chi connectivity index (χ3v) is 2.10. The predicted octanol–water partition coefficient (Wildman–Crippen LogP) is 3.12. The molecular formula is C13H16N2O. The van der Waals surface area contributed by atoms with E-state index < -0.39 is 0 Å². The van der Waals surface area contributed by atoms with Crippen molar-refractivity contribution in [1.82, 2.24) is 9.97 Å². The molecule has 0 spiro atoms. The summed E-state index contributed by atoms with van der Waals surface area (Å²) in [6.07, 6.45) is 0. The molecular weight excluding hydrogens is 200 g/mol. The minimum absolute atomic E-state index is 0.248. The van der Waals surface area contributed by atoms with Crippen LogP contribution in [0.15, 0.2) is 24.3 Å². The van der Waals surface area contributed by atoms with Crippen molar-refractivity contribution in [2.45, 2.75) is 33.3 Å². The Hall–Kier alpha value is -1.64. The Morgan fingerprint density at radius 2 is 1.56 bits per heavy atom. The number of aromatic nitrogens is 2. The number of benzene rings is 1. The molecule has 3 heteroatoms. The molecule has 0 fully saturated rings. The van der Waals surface area contributed by atoms with Crippen molar-refractivity contribution in [2.24, 2.45) is 0 Å². The zero-order valence-corrected chi connectivity index (χ0v) is 10.1. The van der Waals surface area contributed by atoms with Crippen molar-refractivity contribution in [3.63, 3.8) is 0 Å². The quantitative estimate of drug-likeness (QED) is 0.734. The van der Waals surface area contributed by atoms with E-state index in [9.17, 15) is 0 Å². The maximum atomic E-state index is 5.77. The van der Waals surface area contributed by atoms with Crippen molar-refractivity contribution in [1.29, 1.82) is 0 Å². The predicted molar refractivity (Wildman–Crippen MR) is 64.7 cm³/mol. The lowest BCUT2D eigenvalue weighted by Crippen LogP contribution is -2.24. The van der Waals surface area contributed by atoms with Gasteiger partial charge in [0, 0.05) is 0 Å². The van der Waals surface area contributed by atoms with Gasteiger partial charge < -0.3 is 4.74 Å². The summed E-state index contributed by atoms with van der Waals surface area (Å²) in [5.41, 5.74) is 2.35. The van der Waals surface area contributed by atoms with Crippen LogP contribution in [0.4, 0.5) is 0 Å². The molecule has 0 saturated carbocycles. The number of para-hydroxylation sites is 2. The highest BCUT2D eigenvalue weighted by Crippen LogP contribution is 2.21. The van der Waals surface area contributed by atoms with Gasteiger partial charge in [-0.05, 0) is 39.8 Å². The van der Waals surface area contributed by atoms with Crippen LogP contribution >= 0.6 is 0 Å². The Morgan fingerprint density at radius 3 is 2.12 bits per heavy atom. The lowest BCUT2D eigenvalue weighted by atomic mass is 10.2. The zero-order chi connectivity index (χ0) is 11.8. The molecule has 2 rings (SSSR count). The first kappa shape index (κ1) is 10.9. The number of hydrogen-bond acceptors (Lipinski definition) is 3. The summed E-state index contributed by atoms with van der Waals surface area (Å²) in [6.45, 7) is 7.93. The van der Waals surface area contributed by atoms with Gasteiger partial charge in [-0.1, -0.05) is 12.1 Å². The van der Waals surface area contributed by atoms with Crippen LogP contribution in [0.2, 0.25) is 0 Å². The summed E-state index contributed by atoms with van der Waals surface area (Å²) >= 11 is 0. The van der Waals surface area contributed by atoms with Gasteiger partial charge in [0.25, 0.3) is 0 Å². The fourth-order valence-electron chi connectivity index (χ4n) is 1.46. The van der Waals surface area contributed by atoms with Gasteiger partial charge in [-0.3, -0.25) is 0 Å². The van der Waals surface area contributed by atoms with Gasteiger partial charge >= 0.3 is 0 Å². The topological polar surface area (TPSA) is 35.0 Å². The van der Waals surface area contributed by atoms with E-state index in [0.29, 0.717) is 5.88 Å². The lowest BCUT2D eigenvalue weighted by Gasteiger charge is -2.21. The number of rotatable bonds is 1. The lowest BCUT2D eigenvalue weighted by molar-refractivity contribution is 0.123. The van der Waals surface area contributed by atoms with Gasteiger partial charge in [-0.2, -0.15) is 0 Å². The summed E-state index contributed by atoms with van der Waals surface area (Å²) < 4.78 is 5.77. The average molecular weight is 216 g/mol. The Morgan fingerprint density at radius 1 is 1.00 bits per heavy atom.